The monoisotopic (exact) mass is 1060 g/mol. The van der Waals surface area contributed by atoms with E-state index < -0.39 is 10.8 Å². The van der Waals surface area contributed by atoms with Gasteiger partial charge in [-0.15, -0.1) is 0 Å². The van der Waals surface area contributed by atoms with Gasteiger partial charge in [-0.3, -0.25) is 19.9 Å². The highest BCUT2D eigenvalue weighted by Gasteiger charge is 2.49. The second-order valence-corrected chi connectivity index (χ2v) is 23.2. The number of aromatic nitrogens is 4. The molecule has 0 amide bonds. The molecule has 0 saturated heterocycles. The van der Waals surface area contributed by atoms with Crippen molar-refractivity contribution in [3.8, 4) is 22.3 Å². The Morgan fingerprint density at radius 3 is 1.02 bits per heavy atom. The molecule has 80 heavy (non-hydrogen) atoms. The summed E-state index contributed by atoms with van der Waals surface area (Å²) in [6, 6.07) is 81.5. The van der Waals surface area contributed by atoms with Crippen LogP contribution in [0.15, 0.2) is 288 Å². The Bertz CT molecular complexity index is 4310. The molecule has 9 aromatic carbocycles. The molecule has 0 fully saturated rings. The van der Waals surface area contributed by atoms with Crippen molar-refractivity contribution in [2.45, 2.75) is 30.4 Å². The minimum Gasteiger partial charge on any atom is -0.308 e. The third-order valence-corrected chi connectivity index (χ3v) is 19.3. The van der Waals surface area contributed by atoms with Gasteiger partial charge >= 0.3 is 0 Å². The summed E-state index contributed by atoms with van der Waals surface area (Å²) in [5, 5.41) is 4.73. The summed E-state index contributed by atoms with van der Waals surface area (Å²) in [6.45, 7) is 0. The van der Waals surface area contributed by atoms with Crippen LogP contribution in [0, 0.1) is 0 Å². The Kier molecular flexibility index (Phi) is 9.91. The number of rotatable bonds is 6. The van der Waals surface area contributed by atoms with Gasteiger partial charge in [0.05, 0.1) is 33.6 Å². The predicted octanol–water partition coefficient (Wildman–Crippen LogP) is 18.2. The van der Waals surface area contributed by atoms with Gasteiger partial charge in [0.25, 0.3) is 0 Å². The molecule has 6 heterocycles. The Balaban J connectivity index is 0.813. The number of nitrogens with zero attached hydrogens (tertiary/aromatic N) is 6. The van der Waals surface area contributed by atoms with E-state index in [0.29, 0.717) is 0 Å². The summed E-state index contributed by atoms with van der Waals surface area (Å²) in [4.78, 5) is 27.8. The maximum Gasteiger partial charge on any atom is 0.0716 e. The fourth-order valence-corrected chi connectivity index (χ4v) is 16.0. The first-order valence-electron chi connectivity index (χ1n) is 26.9. The van der Waals surface area contributed by atoms with Crippen molar-refractivity contribution >= 4 is 79.2 Å². The third-order valence-electron chi connectivity index (χ3n) is 17.1. The van der Waals surface area contributed by atoms with E-state index >= 15 is 0 Å². The zero-order valence-electron chi connectivity index (χ0n) is 42.9. The predicted molar refractivity (Wildman–Crippen MR) is 325 cm³/mol. The van der Waals surface area contributed by atoms with Crippen LogP contribution in [0.4, 0.5) is 34.1 Å². The average Bonchev–Trinajstić information content (AvgIpc) is 3.41. The Hall–Kier alpha value is -9.60. The lowest BCUT2D eigenvalue weighted by Crippen LogP contribution is -2.29. The minimum atomic E-state index is -0.588. The molecule has 8 heteroatoms. The first-order valence-corrected chi connectivity index (χ1v) is 28.6. The number of hydrogen-bond donors (Lipinski definition) is 0. The van der Waals surface area contributed by atoms with E-state index in [1.165, 1.54) is 108 Å². The lowest BCUT2D eigenvalue weighted by molar-refractivity contribution is 0.763. The van der Waals surface area contributed by atoms with Crippen LogP contribution < -0.4 is 9.80 Å². The number of fused-ring (bicyclic) bond motifs is 12. The van der Waals surface area contributed by atoms with Crippen LogP contribution in [0.25, 0.3) is 43.8 Å². The quantitative estimate of drug-likeness (QED) is 0.153. The smallest absolute Gasteiger partial charge is 0.0716 e. The van der Waals surface area contributed by atoms with Crippen molar-refractivity contribution in [1.82, 2.24) is 19.9 Å². The summed E-state index contributed by atoms with van der Waals surface area (Å²) >= 11 is 3.70. The van der Waals surface area contributed by atoms with E-state index in [4.69, 9.17) is 0 Å². The van der Waals surface area contributed by atoms with Crippen molar-refractivity contribution in [3.05, 3.63) is 312 Å². The number of benzene rings is 9. The van der Waals surface area contributed by atoms with Crippen LogP contribution in [0.2, 0.25) is 0 Å². The lowest BCUT2D eigenvalue weighted by Gasteiger charge is -2.37. The summed E-state index contributed by atoms with van der Waals surface area (Å²) < 4.78 is 0. The largest absolute Gasteiger partial charge is 0.308 e. The molecular weight excluding hydrogens is 1010 g/mol. The Morgan fingerprint density at radius 2 is 0.625 bits per heavy atom. The average molecular weight is 1060 g/mol. The zero-order valence-corrected chi connectivity index (χ0v) is 44.5. The second kappa shape index (κ2) is 17.5. The van der Waals surface area contributed by atoms with Gasteiger partial charge in [0.1, 0.15) is 0 Å². The number of anilines is 6. The van der Waals surface area contributed by atoms with Crippen LogP contribution in [0.3, 0.4) is 0 Å². The molecule has 2 aliphatic carbocycles. The molecule has 0 N–H and O–H groups in total. The van der Waals surface area contributed by atoms with Gasteiger partial charge in [0, 0.05) is 80.5 Å². The normalized spacial score (nSPS) is 14.6. The molecule has 0 atom stereocenters. The highest BCUT2D eigenvalue weighted by atomic mass is 32.2. The van der Waals surface area contributed by atoms with Crippen LogP contribution >= 0.6 is 23.5 Å². The van der Waals surface area contributed by atoms with Gasteiger partial charge in [0.15, 0.2) is 0 Å². The molecule has 0 saturated carbocycles. The fraction of sp³-hybridized carbons (Fsp3) is 0.0278. The molecule has 17 rings (SSSR count). The van der Waals surface area contributed by atoms with Crippen LogP contribution in [-0.2, 0) is 10.8 Å². The number of para-hydroxylation sites is 2. The lowest BCUT2D eigenvalue weighted by atomic mass is 9.68. The standard InChI is InChI=1S/C72H44N6S2/c1-3-11-59-55(9-1)57-41-69-65(43-61(57)71(59,49-21-29-73-30-22-49)50-23-31-74-32-24-50)77(63-13-5-7-15-67(63)79-69)53-19-17-45-38-48-40-54(20-18-46(48)37-47(45)39-53)78-64-14-6-8-16-68(64)80-70-42-58-56-10-2-4-12-60(56)72(62(58)44-66(70)78,51-25-33-75-34-26-51)52-27-35-76-36-28-52/h1-44H. The van der Waals surface area contributed by atoms with Crippen molar-refractivity contribution < 1.29 is 0 Å². The first kappa shape index (κ1) is 45.4. The molecule has 13 aromatic rings. The van der Waals surface area contributed by atoms with Crippen molar-refractivity contribution in [2.24, 2.45) is 0 Å². The molecule has 6 nitrogen and oxygen atoms in total. The SMILES string of the molecule is c1ccc2c(c1)Sc1cc3c(cc1N2c1ccc2cc4cc(N5c6ccccc6Sc6cc7c(cc65)C(c5ccncc5)(c5ccncc5)c5ccccc5-7)ccc4cc2c1)C(c1ccncc1)(c1ccncc1)c1ccccc1-3. The summed E-state index contributed by atoms with van der Waals surface area (Å²) in [5.74, 6) is 0. The first-order chi connectivity index (χ1) is 39.6. The molecule has 4 aliphatic rings. The molecule has 374 valence electrons. The molecule has 0 spiro atoms. The minimum absolute atomic E-state index is 0.588. The van der Waals surface area contributed by atoms with E-state index in [1.807, 2.05) is 73.1 Å². The molecular formula is C72H44N6S2. The highest BCUT2D eigenvalue weighted by molar-refractivity contribution is 8.00. The second-order valence-electron chi connectivity index (χ2n) is 21.0. The summed E-state index contributed by atoms with van der Waals surface area (Å²) in [5.41, 5.74) is 20.4. The van der Waals surface area contributed by atoms with E-state index in [0.717, 1.165) is 34.1 Å². The fourth-order valence-electron chi connectivity index (χ4n) is 13.8. The Labute approximate surface area is 471 Å². The van der Waals surface area contributed by atoms with Gasteiger partial charge in [0.2, 0.25) is 0 Å². The van der Waals surface area contributed by atoms with Gasteiger partial charge in [-0.05, 0) is 222 Å². The molecule has 0 bridgehead atoms. The molecule has 4 aromatic heterocycles. The van der Waals surface area contributed by atoms with Gasteiger partial charge in [-0.1, -0.05) is 108 Å². The van der Waals surface area contributed by atoms with Gasteiger partial charge < -0.3 is 9.80 Å². The van der Waals surface area contributed by atoms with Crippen LogP contribution in [-0.4, -0.2) is 19.9 Å². The van der Waals surface area contributed by atoms with Gasteiger partial charge in [-0.25, -0.2) is 0 Å². The summed E-state index contributed by atoms with van der Waals surface area (Å²) in [6.07, 6.45) is 15.4. The van der Waals surface area contributed by atoms with Crippen molar-refractivity contribution in [2.75, 3.05) is 9.80 Å². The topological polar surface area (TPSA) is 58.0 Å². The van der Waals surface area contributed by atoms with E-state index in [9.17, 15) is 0 Å². The highest BCUT2D eigenvalue weighted by Crippen LogP contribution is 2.63. The maximum absolute atomic E-state index is 4.49. The molecule has 2 aliphatic heterocycles. The van der Waals surface area contributed by atoms with E-state index in [-0.39, 0.29) is 0 Å². The van der Waals surface area contributed by atoms with Crippen molar-refractivity contribution in [1.29, 1.82) is 0 Å². The van der Waals surface area contributed by atoms with Crippen LogP contribution in [0.1, 0.15) is 44.5 Å². The zero-order chi connectivity index (χ0) is 52.5. The van der Waals surface area contributed by atoms with Gasteiger partial charge in [-0.2, -0.15) is 0 Å². The number of pyridine rings is 4. The number of hydrogen-bond acceptors (Lipinski definition) is 8. The Morgan fingerprint density at radius 1 is 0.263 bits per heavy atom. The molecule has 0 unspecified atom stereocenters. The van der Waals surface area contributed by atoms with Crippen molar-refractivity contribution in [3.63, 3.8) is 0 Å². The van der Waals surface area contributed by atoms with E-state index in [2.05, 4.69) is 248 Å². The molecule has 0 radical (unpaired) electrons. The third kappa shape index (κ3) is 6.40. The summed E-state index contributed by atoms with van der Waals surface area (Å²) in [7, 11) is 0. The van der Waals surface area contributed by atoms with Crippen LogP contribution in [0.5, 0.6) is 0 Å². The maximum atomic E-state index is 4.49. The van der Waals surface area contributed by atoms with E-state index in [1.54, 1.807) is 0 Å².